The number of hydrogen-bond donors (Lipinski definition) is 2. The predicted molar refractivity (Wildman–Crippen MR) is 79.0 cm³/mol. The molecule has 1 aliphatic rings. The number of nitrogen functional groups attached to an aromatic ring is 1. The van der Waals surface area contributed by atoms with Crippen LogP contribution in [0.15, 0.2) is 10.2 Å². The van der Waals surface area contributed by atoms with E-state index in [1.54, 1.807) is 5.38 Å². The van der Waals surface area contributed by atoms with Crippen LogP contribution in [0.25, 0.3) is 10.2 Å². The first-order valence-corrected chi connectivity index (χ1v) is 7.50. The Morgan fingerprint density at radius 1 is 1.50 bits per heavy atom. The van der Waals surface area contributed by atoms with Crippen LogP contribution in [0.5, 0.6) is 0 Å². The third-order valence-electron chi connectivity index (χ3n) is 3.75. The predicted octanol–water partition coefficient (Wildman–Crippen LogP) is 1.44. The summed E-state index contributed by atoms with van der Waals surface area (Å²) < 4.78 is 0.452. The fourth-order valence-corrected chi connectivity index (χ4v) is 3.35. The molecule has 1 amide bonds. The second-order valence-electron chi connectivity index (χ2n) is 5.25. The molecular formula is C13H16N4O2S. The van der Waals surface area contributed by atoms with Crippen molar-refractivity contribution >= 4 is 33.4 Å². The van der Waals surface area contributed by atoms with Crippen LogP contribution in [0.1, 0.15) is 30.1 Å². The number of amides is 1. The number of anilines is 1. The van der Waals surface area contributed by atoms with E-state index in [-0.39, 0.29) is 17.4 Å². The zero-order valence-electron chi connectivity index (χ0n) is 11.2. The highest BCUT2D eigenvalue weighted by atomic mass is 32.1. The summed E-state index contributed by atoms with van der Waals surface area (Å²) >= 11 is 1.23. The first-order valence-electron chi connectivity index (χ1n) is 6.62. The SMILES string of the molecule is CC1CCN(C(=O)c2csc3c(=O)[nH]c(N)nc23)CC1. The van der Waals surface area contributed by atoms with Crippen LogP contribution in [-0.2, 0) is 0 Å². The summed E-state index contributed by atoms with van der Waals surface area (Å²) in [6.07, 6.45) is 2.04. The number of hydrogen-bond acceptors (Lipinski definition) is 5. The van der Waals surface area contributed by atoms with E-state index in [0.717, 1.165) is 25.9 Å². The summed E-state index contributed by atoms with van der Waals surface area (Å²) in [6, 6.07) is 0. The second-order valence-corrected chi connectivity index (χ2v) is 6.13. The Hall–Kier alpha value is -1.89. The van der Waals surface area contributed by atoms with E-state index in [0.29, 0.717) is 21.7 Å². The lowest BCUT2D eigenvalue weighted by Crippen LogP contribution is -2.37. The Morgan fingerprint density at radius 2 is 2.20 bits per heavy atom. The van der Waals surface area contributed by atoms with Crippen LogP contribution in [0.3, 0.4) is 0 Å². The number of H-pyrrole nitrogens is 1. The maximum absolute atomic E-state index is 12.5. The summed E-state index contributed by atoms with van der Waals surface area (Å²) in [4.78, 5) is 32.7. The van der Waals surface area contributed by atoms with Crippen LogP contribution < -0.4 is 11.3 Å². The van der Waals surface area contributed by atoms with Gasteiger partial charge in [0.2, 0.25) is 5.95 Å². The van der Waals surface area contributed by atoms with Gasteiger partial charge in [0, 0.05) is 18.5 Å². The largest absolute Gasteiger partial charge is 0.369 e. The average molecular weight is 292 g/mol. The highest BCUT2D eigenvalue weighted by Crippen LogP contribution is 2.25. The molecule has 0 atom stereocenters. The third-order valence-corrected chi connectivity index (χ3v) is 4.71. The molecule has 0 aliphatic carbocycles. The standard InChI is InChI=1S/C13H16N4O2S/c1-7-2-4-17(5-3-7)12(19)8-6-20-10-9(8)15-13(14)16-11(10)18/h6-7H,2-5H2,1H3,(H3,14,15,16,18). The molecule has 20 heavy (non-hydrogen) atoms. The first kappa shape index (κ1) is 13.1. The van der Waals surface area contributed by atoms with Crippen molar-refractivity contribution < 1.29 is 4.79 Å². The number of piperidine rings is 1. The van der Waals surface area contributed by atoms with E-state index >= 15 is 0 Å². The Kier molecular flexibility index (Phi) is 3.21. The van der Waals surface area contributed by atoms with Crippen LogP contribution in [-0.4, -0.2) is 33.9 Å². The Labute approximate surface area is 119 Å². The number of nitrogens with zero attached hydrogens (tertiary/aromatic N) is 2. The smallest absolute Gasteiger partial charge is 0.270 e. The fourth-order valence-electron chi connectivity index (χ4n) is 2.48. The van der Waals surface area contributed by atoms with Crippen molar-refractivity contribution in [3.05, 3.63) is 21.3 Å². The van der Waals surface area contributed by atoms with Crippen molar-refractivity contribution in [2.24, 2.45) is 5.92 Å². The summed E-state index contributed by atoms with van der Waals surface area (Å²) in [5, 5.41) is 1.70. The van der Waals surface area contributed by atoms with Crippen LogP contribution >= 0.6 is 11.3 Å². The van der Waals surface area contributed by atoms with Gasteiger partial charge < -0.3 is 10.6 Å². The first-order chi connectivity index (χ1) is 9.56. The van der Waals surface area contributed by atoms with Gasteiger partial charge in [-0.2, -0.15) is 0 Å². The molecule has 0 saturated carbocycles. The molecule has 0 spiro atoms. The normalized spacial score (nSPS) is 16.8. The van der Waals surface area contributed by atoms with Gasteiger partial charge in [-0.3, -0.25) is 14.6 Å². The molecule has 6 nitrogen and oxygen atoms in total. The molecule has 7 heteroatoms. The fraction of sp³-hybridized carbons (Fsp3) is 0.462. The molecule has 0 aromatic carbocycles. The number of rotatable bonds is 1. The molecule has 106 valence electrons. The Balaban J connectivity index is 1.98. The van der Waals surface area contributed by atoms with Gasteiger partial charge >= 0.3 is 0 Å². The Bertz CT molecular complexity index is 713. The zero-order valence-corrected chi connectivity index (χ0v) is 12.0. The summed E-state index contributed by atoms with van der Waals surface area (Å²) in [5.74, 6) is 0.651. The van der Waals surface area contributed by atoms with Gasteiger partial charge in [-0.15, -0.1) is 11.3 Å². The highest BCUT2D eigenvalue weighted by Gasteiger charge is 2.24. The van der Waals surface area contributed by atoms with Gasteiger partial charge in [0.15, 0.2) is 0 Å². The molecule has 1 saturated heterocycles. The second kappa shape index (κ2) is 4.90. The average Bonchev–Trinajstić information content (AvgIpc) is 2.82. The van der Waals surface area contributed by atoms with Gasteiger partial charge in [0.25, 0.3) is 11.5 Å². The highest BCUT2D eigenvalue weighted by molar-refractivity contribution is 7.17. The summed E-state index contributed by atoms with van der Waals surface area (Å²) in [7, 11) is 0. The van der Waals surface area contributed by atoms with E-state index < -0.39 is 0 Å². The number of carbonyl (C=O) groups excluding carboxylic acids is 1. The topological polar surface area (TPSA) is 92.1 Å². The molecule has 3 N–H and O–H groups in total. The van der Waals surface area contributed by atoms with Crippen molar-refractivity contribution in [1.29, 1.82) is 0 Å². The number of thiophene rings is 1. The van der Waals surface area contributed by atoms with Gasteiger partial charge in [-0.25, -0.2) is 4.98 Å². The minimum absolute atomic E-state index is 0.0437. The van der Waals surface area contributed by atoms with Gasteiger partial charge in [-0.1, -0.05) is 6.92 Å². The Morgan fingerprint density at radius 3 is 2.90 bits per heavy atom. The van der Waals surface area contributed by atoms with Crippen LogP contribution in [0, 0.1) is 5.92 Å². The van der Waals surface area contributed by atoms with Gasteiger partial charge in [0.1, 0.15) is 10.2 Å². The van der Waals surface area contributed by atoms with E-state index in [2.05, 4.69) is 16.9 Å². The third kappa shape index (κ3) is 2.18. The molecule has 2 aromatic heterocycles. The quantitative estimate of drug-likeness (QED) is 0.832. The van der Waals surface area contributed by atoms with Gasteiger partial charge in [-0.05, 0) is 18.8 Å². The summed E-state index contributed by atoms with van der Waals surface area (Å²) in [6.45, 7) is 3.72. The van der Waals surface area contributed by atoms with Crippen molar-refractivity contribution in [2.45, 2.75) is 19.8 Å². The minimum Gasteiger partial charge on any atom is -0.369 e. The van der Waals surface area contributed by atoms with E-state index in [4.69, 9.17) is 5.73 Å². The molecular weight excluding hydrogens is 276 g/mol. The molecule has 0 bridgehead atoms. The van der Waals surface area contributed by atoms with Crippen molar-refractivity contribution in [3.8, 4) is 0 Å². The molecule has 1 aliphatic heterocycles. The lowest BCUT2D eigenvalue weighted by molar-refractivity contribution is 0.0699. The van der Waals surface area contributed by atoms with E-state index in [1.807, 2.05) is 4.90 Å². The van der Waals surface area contributed by atoms with Crippen molar-refractivity contribution in [3.63, 3.8) is 0 Å². The van der Waals surface area contributed by atoms with E-state index in [1.165, 1.54) is 11.3 Å². The van der Waals surface area contributed by atoms with Crippen LogP contribution in [0.2, 0.25) is 0 Å². The number of nitrogens with two attached hydrogens (primary N) is 1. The molecule has 3 heterocycles. The number of likely N-dealkylation sites (tertiary alicyclic amines) is 1. The lowest BCUT2D eigenvalue weighted by Gasteiger charge is -2.30. The van der Waals surface area contributed by atoms with Crippen LogP contribution in [0.4, 0.5) is 5.95 Å². The zero-order chi connectivity index (χ0) is 14.3. The molecule has 0 unspecified atom stereocenters. The lowest BCUT2D eigenvalue weighted by atomic mass is 9.99. The van der Waals surface area contributed by atoms with Crippen molar-refractivity contribution in [2.75, 3.05) is 18.8 Å². The molecule has 1 fully saturated rings. The van der Waals surface area contributed by atoms with E-state index in [9.17, 15) is 9.59 Å². The number of aromatic amines is 1. The number of aromatic nitrogens is 2. The molecule has 0 radical (unpaired) electrons. The van der Waals surface area contributed by atoms with Crippen molar-refractivity contribution in [1.82, 2.24) is 14.9 Å². The summed E-state index contributed by atoms with van der Waals surface area (Å²) in [5.41, 5.74) is 6.17. The molecule has 3 rings (SSSR count). The number of nitrogens with one attached hydrogen (secondary N) is 1. The van der Waals surface area contributed by atoms with Gasteiger partial charge in [0.05, 0.1) is 5.56 Å². The molecule has 2 aromatic rings. The monoisotopic (exact) mass is 292 g/mol. The maximum Gasteiger partial charge on any atom is 0.270 e. The maximum atomic E-state index is 12.5. The minimum atomic E-state index is -0.288. The number of fused-ring (bicyclic) bond motifs is 1. The number of carbonyl (C=O) groups is 1.